The van der Waals surface area contributed by atoms with E-state index in [2.05, 4.69) is 31.3 Å². The number of nitrogens with one attached hydrogen (secondary N) is 1. The van der Waals surface area contributed by atoms with Crippen LogP contribution in [0.2, 0.25) is 5.02 Å². The van der Waals surface area contributed by atoms with Crippen molar-refractivity contribution in [2.45, 2.75) is 33.1 Å². The highest BCUT2D eigenvalue weighted by atomic mass is 35.5. The first-order valence-corrected chi connectivity index (χ1v) is 7.96. The summed E-state index contributed by atoms with van der Waals surface area (Å²) >= 11 is 6.04. The average molecular weight is 298 g/mol. The van der Waals surface area contributed by atoms with E-state index in [0.29, 0.717) is 5.92 Å². The molecule has 0 fully saturated rings. The standard InChI is InChI=1S/C17H28ClNO/c1-14(2)7-9-20-10-8-16(13-19-3)11-15-5-4-6-17(18)12-15/h4-6,12,14,16,19H,7-11,13H2,1-3H3. The summed E-state index contributed by atoms with van der Waals surface area (Å²) in [6, 6.07) is 8.15. The number of benzene rings is 1. The van der Waals surface area contributed by atoms with E-state index in [9.17, 15) is 0 Å². The molecular formula is C17H28ClNO. The van der Waals surface area contributed by atoms with Crippen LogP contribution in [-0.2, 0) is 11.2 Å². The fourth-order valence-corrected chi connectivity index (χ4v) is 2.45. The predicted molar refractivity (Wildman–Crippen MR) is 87.5 cm³/mol. The Kier molecular flexibility index (Phi) is 8.92. The van der Waals surface area contributed by atoms with Gasteiger partial charge in [0.15, 0.2) is 0 Å². The lowest BCUT2D eigenvalue weighted by Gasteiger charge is -2.17. The van der Waals surface area contributed by atoms with Crippen molar-refractivity contribution in [2.24, 2.45) is 11.8 Å². The Morgan fingerprint density at radius 2 is 1.95 bits per heavy atom. The molecule has 0 bridgehead atoms. The summed E-state index contributed by atoms with van der Waals surface area (Å²) < 4.78 is 5.73. The van der Waals surface area contributed by atoms with Gasteiger partial charge < -0.3 is 10.1 Å². The van der Waals surface area contributed by atoms with Crippen molar-refractivity contribution >= 4 is 11.6 Å². The van der Waals surface area contributed by atoms with E-state index in [0.717, 1.165) is 50.0 Å². The third kappa shape index (κ3) is 7.88. The van der Waals surface area contributed by atoms with E-state index in [4.69, 9.17) is 16.3 Å². The van der Waals surface area contributed by atoms with Crippen molar-refractivity contribution in [3.8, 4) is 0 Å². The number of halogens is 1. The Morgan fingerprint density at radius 1 is 1.20 bits per heavy atom. The van der Waals surface area contributed by atoms with Crippen LogP contribution < -0.4 is 5.32 Å². The van der Waals surface area contributed by atoms with Crippen LogP contribution in [0.25, 0.3) is 0 Å². The van der Waals surface area contributed by atoms with E-state index >= 15 is 0 Å². The van der Waals surface area contributed by atoms with Crippen molar-refractivity contribution in [1.82, 2.24) is 5.32 Å². The van der Waals surface area contributed by atoms with Gasteiger partial charge in [0.2, 0.25) is 0 Å². The first-order chi connectivity index (χ1) is 9.61. The summed E-state index contributed by atoms with van der Waals surface area (Å²) in [4.78, 5) is 0. The summed E-state index contributed by atoms with van der Waals surface area (Å²) in [6.07, 6.45) is 3.28. The summed E-state index contributed by atoms with van der Waals surface area (Å²) in [5.41, 5.74) is 1.31. The normalized spacial score (nSPS) is 12.8. The second-order valence-corrected chi connectivity index (χ2v) is 6.28. The molecule has 1 rings (SSSR count). The lowest BCUT2D eigenvalue weighted by Crippen LogP contribution is -2.22. The van der Waals surface area contributed by atoms with Gasteiger partial charge >= 0.3 is 0 Å². The Balaban J connectivity index is 2.32. The van der Waals surface area contributed by atoms with Gasteiger partial charge in [-0.25, -0.2) is 0 Å². The maximum Gasteiger partial charge on any atom is 0.0469 e. The third-order valence-corrected chi connectivity index (χ3v) is 3.65. The molecule has 20 heavy (non-hydrogen) atoms. The van der Waals surface area contributed by atoms with Crippen LogP contribution >= 0.6 is 11.6 Å². The summed E-state index contributed by atoms with van der Waals surface area (Å²) in [5.74, 6) is 1.31. The minimum Gasteiger partial charge on any atom is -0.381 e. The molecule has 0 saturated carbocycles. The van der Waals surface area contributed by atoms with Crippen LogP contribution in [0.1, 0.15) is 32.3 Å². The molecule has 1 aromatic rings. The Morgan fingerprint density at radius 3 is 2.60 bits per heavy atom. The highest BCUT2D eigenvalue weighted by Gasteiger charge is 2.09. The zero-order valence-corrected chi connectivity index (χ0v) is 13.7. The fourth-order valence-electron chi connectivity index (χ4n) is 2.23. The largest absolute Gasteiger partial charge is 0.381 e. The molecule has 0 aliphatic carbocycles. The Bertz CT molecular complexity index is 368. The molecule has 0 radical (unpaired) electrons. The molecule has 0 saturated heterocycles. The molecule has 0 amide bonds. The number of rotatable bonds is 10. The molecule has 0 heterocycles. The van der Waals surface area contributed by atoms with E-state index in [1.807, 2.05) is 19.2 Å². The van der Waals surface area contributed by atoms with Gasteiger partial charge in [-0.1, -0.05) is 37.6 Å². The average Bonchev–Trinajstić information content (AvgIpc) is 2.38. The molecule has 0 aliphatic rings. The van der Waals surface area contributed by atoms with Gasteiger partial charge in [0, 0.05) is 18.2 Å². The monoisotopic (exact) mass is 297 g/mol. The van der Waals surface area contributed by atoms with Crippen LogP contribution in [0.4, 0.5) is 0 Å². The zero-order valence-electron chi connectivity index (χ0n) is 13.0. The summed E-state index contributed by atoms with van der Waals surface area (Å²) in [6.45, 7) is 7.19. The van der Waals surface area contributed by atoms with Crippen molar-refractivity contribution in [1.29, 1.82) is 0 Å². The highest BCUT2D eigenvalue weighted by molar-refractivity contribution is 6.30. The Hall–Kier alpha value is -0.570. The van der Waals surface area contributed by atoms with Gasteiger partial charge in [0.1, 0.15) is 0 Å². The molecule has 0 spiro atoms. The number of ether oxygens (including phenoxy) is 1. The first kappa shape index (κ1) is 17.5. The SMILES string of the molecule is CNCC(CCOCCC(C)C)Cc1cccc(Cl)c1. The third-order valence-electron chi connectivity index (χ3n) is 3.42. The first-order valence-electron chi connectivity index (χ1n) is 7.58. The molecule has 2 nitrogen and oxygen atoms in total. The van der Waals surface area contributed by atoms with Gasteiger partial charge in [-0.15, -0.1) is 0 Å². The van der Waals surface area contributed by atoms with Crippen molar-refractivity contribution in [3.63, 3.8) is 0 Å². The maximum absolute atomic E-state index is 6.04. The molecule has 0 aromatic heterocycles. The van der Waals surface area contributed by atoms with Gasteiger partial charge in [-0.2, -0.15) is 0 Å². The second kappa shape index (κ2) is 10.2. The fraction of sp³-hybridized carbons (Fsp3) is 0.647. The lowest BCUT2D eigenvalue weighted by molar-refractivity contribution is 0.110. The van der Waals surface area contributed by atoms with Crippen LogP contribution in [0.3, 0.4) is 0 Å². The minimum absolute atomic E-state index is 0.595. The van der Waals surface area contributed by atoms with Gasteiger partial charge in [0.05, 0.1) is 0 Å². The van der Waals surface area contributed by atoms with Crippen LogP contribution in [-0.4, -0.2) is 26.8 Å². The molecular weight excluding hydrogens is 270 g/mol. The van der Waals surface area contributed by atoms with Gasteiger partial charge in [-0.05, 0) is 62.4 Å². The zero-order chi connectivity index (χ0) is 14.8. The predicted octanol–water partition coefficient (Wildman–Crippen LogP) is 4.17. The van der Waals surface area contributed by atoms with Crippen molar-refractivity contribution in [3.05, 3.63) is 34.9 Å². The molecule has 1 atom stereocenters. The summed E-state index contributed by atoms with van der Waals surface area (Å²) in [5, 5.41) is 4.09. The van der Waals surface area contributed by atoms with E-state index < -0.39 is 0 Å². The van der Waals surface area contributed by atoms with Gasteiger partial charge in [0.25, 0.3) is 0 Å². The topological polar surface area (TPSA) is 21.3 Å². The van der Waals surface area contributed by atoms with Crippen molar-refractivity contribution in [2.75, 3.05) is 26.8 Å². The van der Waals surface area contributed by atoms with Crippen molar-refractivity contribution < 1.29 is 4.74 Å². The van der Waals surface area contributed by atoms with E-state index in [-0.39, 0.29) is 0 Å². The summed E-state index contributed by atoms with van der Waals surface area (Å²) in [7, 11) is 2.00. The smallest absolute Gasteiger partial charge is 0.0469 e. The molecule has 1 N–H and O–H groups in total. The van der Waals surface area contributed by atoms with E-state index in [1.165, 1.54) is 5.56 Å². The van der Waals surface area contributed by atoms with Crippen LogP contribution in [0, 0.1) is 11.8 Å². The number of hydrogen-bond donors (Lipinski definition) is 1. The van der Waals surface area contributed by atoms with Crippen LogP contribution in [0.5, 0.6) is 0 Å². The van der Waals surface area contributed by atoms with E-state index in [1.54, 1.807) is 0 Å². The lowest BCUT2D eigenvalue weighted by atomic mass is 9.96. The van der Waals surface area contributed by atoms with Gasteiger partial charge in [-0.3, -0.25) is 0 Å². The molecule has 114 valence electrons. The molecule has 0 aliphatic heterocycles. The minimum atomic E-state index is 0.595. The quantitative estimate of drug-likeness (QED) is 0.654. The number of hydrogen-bond acceptors (Lipinski definition) is 2. The molecule has 3 heteroatoms. The second-order valence-electron chi connectivity index (χ2n) is 5.84. The molecule has 1 unspecified atom stereocenters. The Labute approximate surface area is 128 Å². The highest BCUT2D eigenvalue weighted by Crippen LogP contribution is 2.16. The maximum atomic E-state index is 6.04. The molecule has 1 aromatic carbocycles. The van der Waals surface area contributed by atoms with Crippen LogP contribution in [0.15, 0.2) is 24.3 Å².